The quantitative estimate of drug-likeness (QED) is 0.381. The zero-order valence-electron chi connectivity index (χ0n) is 16.9. The average molecular weight is 508 g/mol. The summed E-state index contributed by atoms with van der Waals surface area (Å²) in [5.74, 6) is 1.93. The maximum Gasteiger partial charge on any atom is 0.445 e. The van der Waals surface area contributed by atoms with Gasteiger partial charge in [0.25, 0.3) is 5.60 Å². The first-order chi connectivity index (χ1) is 15.8. The molecule has 4 rings (SSSR count). The molecule has 0 aromatic heterocycles. The minimum atomic E-state index is -5.20. The number of anilines is 1. The van der Waals surface area contributed by atoms with Gasteiger partial charge in [-0.2, -0.15) is 13.2 Å². The van der Waals surface area contributed by atoms with Crippen LogP contribution in [0.25, 0.3) is 0 Å². The van der Waals surface area contributed by atoms with Crippen LogP contribution in [-0.2, 0) is 19.9 Å². The molecule has 6 atom stereocenters. The van der Waals surface area contributed by atoms with E-state index in [4.69, 9.17) is 26.2 Å². The highest BCUT2D eigenvalue weighted by molar-refractivity contribution is 6.31. The highest BCUT2D eigenvalue weighted by Gasteiger charge is 2.62. The van der Waals surface area contributed by atoms with E-state index in [0.29, 0.717) is 12.8 Å². The van der Waals surface area contributed by atoms with Crippen LogP contribution in [0.5, 0.6) is 5.75 Å². The van der Waals surface area contributed by atoms with Gasteiger partial charge in [-0.15, -0.1) is 0 Å². The molecule has 184 valence electrons. The molecule has 1 aliphatic carbocycles. The summed E-state index contributed by atoms with van der Waals surface area (Å²) in [6.45, 7) is 0. The molecule has 2 heterocycles. The molecule has 2 fully saturated rings. The van der Waals surface area contributed by atoms with Gasteiger partial charge in [-0.25, -0.2) is 9.59 Å². The van der Waals surface area contributed by atoms with Crippen molar-refractivity contribution in [2.45, 2.75) is 55.3 Å². The summed E-state index contributed by atoms with van der Waals surface area (Å²) in [5.41, 5.74) is -4.66. The van der Waals surface area contributed by atoms with Crippen molar-refractivity contribution < 1.29 is 57.4 Å². The monoisotopic (exact) mass is 507 g/mol. The number of aliphatic hydroxyl groups excluding tert-OH is 3. The number of fused-ring (bicyclic) bond motifs is 1. The van der Waals surface area contributed by atoms with Crippen molar-refractivity contribution in [3.8, 4) is 17.6 Å². The predicted molar refractivity (Wildman–Crippen MR) is 105 cm³/mol. The lowest BCUT2D eigenvalue weighted by Crippen LogP contribution is -2.61. The number of hydrogen-bond donors (Lipinski definition) is 5. The lowest BCUT2D eigenvalue weighted by molar-refractivity contribution is -0.271. The number of aliphatic hydroxyl groups is 3. The number of carboxylic acid groups (broad SMARTS) is 1. The van der Waals surface area contributed by atoms with Crippen molar-refractivity contribution in [2.75, 3.05) is 5.32 Å². The summed E-state index contributed by atoms with van der Waals surface area (Å²) in [7, 11) is 0. The van der Waals surface area contributed by atoms with E-state index in [2.05, 4.69) is 16.0 Å². The van der Waals surface area contributed by atoms with Crippen molar-refractivity contribution in [3.05, 3.63) is 22.7 Å². The summed E-state index contributed by atoms with van der Waals surface area (Å²) < 4.78 is 57.8. The lowest BCUT2D eigenvalue weighted by atomic mass is 9.89. The van der Waals surface area contributed by atoms with Crippen molar-refractivity contribution >= 4 is 29.4 Å². The molecule has 1 unspecified atom stereocenters. The van der Waals surface area contributed by atoms with Crippen LogP contribution >= 0.6 is 11.6 Å². The maximum atomic E-state index is 14.3. The number of carbonyl (C=O) groups excluding carboxylic acids is 1. The normalized spacial score (nSPS) is 33.0. The van der Waals surface area contributed by atoms with E-state index in [1.807, 2.05) is 5.92 Å². The number of benzene rings is 1. The fourth-order valence-corrected chi connectivity index (χ4v) is 3.69. The van der Waals surface area contributed by atoms with Gasteiger partial charge < -0.3 is 34.6 Å². The Morgan fingerprint density at radius 3 is 2.47 bits per heavy atom. The van der Waals surface area contributed by atoms with Crippen LogP contribution in [0, 0.1) is 17.8 Å². The topological polar surface area (TPSA) is 155 Å². The second-order valence-electron chi connectivity index (χ2n) is 7.92. The Morgan fingerprint density at radius 1 is 1.21 bits per heavy atom. The molecule has 1 aromatic carbocycles. The molecule has 0 radical (unpaired) electrons. The number of halogens is 4. The molecule has 5 N–H and O–H groups in total. The van der Waals surface area contributed by atoms with Gasteiger partial charge in [-0.05, 0) is 24.8 Å². The molecule has 2 aliphatic heterocycles. The van der Waals surface area contributed by atoms with Crippen LogP contribution in [0.1, 0.15) is 18.4 Å². The third kappa shape index (κ3) is 4.23. The van der Waals surface area contributed by atoms with Crippen LogP contribution < -0.4 is 10.1 Å². The number of aliphatic carboxylic acids is 1. The average Bonchev–Trinajstić information content (AvgIpc) is 3.56. The molecular weight excluding hydrogens is 491 g/mol. The fourth-order valence-electron chi connectivity index (χ4n) is 3.48. The molecule has 34 heavy (non-hydrogen) atoms. The van der Waals surface area contributed by atoms with E-state index < -0.39 is 71.5 Å². The first kappa shape index (κ1) is 24.4. The number of amides is 1. The minimum absolute atomic E-state index is 0.280. The highest BCUT2D eigenvalue weighted by Crippen LogP contribution is 2.51. The van der Waals surface area contributed by atoms with Crippen LogP contribution in [0.15, 0.2) is 12.1 Å². The number of nitrogens with one attached hydrogen (secondary N) is 1. The standard InChI is InChI=1S/C20H17ClF3NO9/c21-8-5-9-11(25-18(31)34-19(9,20(22,23)24)4-3-7-1-2-7)10(6-8)32-17-14(28)12(26)13(27)15(33-17)16(29)30/h5-7,12-15,17,26-28H,1-2H2,(H,25,31)(H,29,30)/t12-,13-,14+,15-,17?,19-/m0/s1. The molecule has 0 bridgehead atoms. The Kier molecular flexibility index (Phi) is 6.07. The van der Waals surface area contributed by atoms with Crippen molar-refractivity contribution in [3.63, 3.8) is 0 Å². The number of carboxylic acids is 1. The Bertz CT molecular complexity index is 1080. The smallest absolute Gasteiger partial charge is 0.445 e. The highest BCUT2D eigenvalue weighted by atomic mass is 35.5. The second-order valence-corrected chi connectivity index (χ2v) is 8.35. The van der Waals surface area contributed by atoms with Gasteiger partial charge in [0.05, 0.1) is 5.69 Å². The number of cyclic esters (lactones) is 1. The Balaban J connectivity index is 1.79. The van der Waals surface area contributed by atoms with Gasteiger partial charge in [0.15, 0.2) is 6.10 Å². The largest absolute Gasteiger partial charge is 0.479 e. The maximum absolute atomic E-state index is 14.3. The van der Waals surface area contributed by atoms with E-state index in [9.17, 15) is 38.1 Å². The first-order valence-electron chi connectivity index (χ1n) is 9.86. The van der Waals surface area contributed by atoms with Crippen molar-refractivity contribution in [1.29, 1.82) is 0 Å². The molecule has 1 aromatic rings. The zero-order chi connectivity index (χ0) is 25.0. The molecule has 1 saturated carbocycles. The number of hydrogen-bond acceptors (Lipinski definition) is 8. The molecule has 14 heteroatoms. The Labute approximate surface area is 194 Å². The molecule has 10 nitrogen and oxygen atoms in total. The summed E-state index contributed by atoms with van der Waals surface area (Å²) in [5, 5.41) is 40.9. The second kappa shape index (κ2) is 8.47. The van der Waals surface area contributed by atoms with Crippen molar-refractivity contribution in [1.82, 2.24) is 0 Å². The summed E-state index contributed by atoms with van der Waals surface area (Å²) >= 11 is 6.01. The number of ether oxygens (including phenoxy) is 3. The lowest BCUT2D eigenvalue weighted by Gasteiger charge is -2.40. The first-order valence-corrected chi connectivity index (χ1v) is 10.2. The molecule has 1 saturated heterocycles. The SMILES string of the molecule is O=C1Nc2c(OC3O[C@H](C(=O)O)[C@@H](O)[C@H](O)[C@H]3O)cc(Cl)cc2[C@@](C#CC2CC2)(C(F)(F)F)O1. The fraction of sp³-hybridized carbons (Fsp3) is 0.500. The Morgan fingerprint density at radius 2 is 1.88 bits per heavy atom. The number of rotatable bonds is 3. The van der Waals surface area contributed by atoms with Gasteiger partial charge >= 0.3 is 18.2 Å². The van der Waals surface area contributed by atoms with E-state index in [0.717, 1.165) is 12.1 Å². The van der Waals surface area contributed by atoms with Gasteiger partial charge in [0, 0.05) is 22.6 Å². The molecule has 1 amide bonds. The summed E-state index contributed by atoms with van der Waals surface area (Å²) in [6.07, 6.45) is -15.6. The van der Waals surface area contributed by atoms with Crippen molar-refractivity contribution in [2.24, 2.45) is 5.92 Å². The van der Waals surface area contributed by atoms with E-state index in [1.165, 1.54) is 0 Å². The molecular formula is C20H17ClF3NO9. The Hall–Kier alpha value is -2.76. The van der Waals surface area contributed by atoms with E-state index in [1.54, 1.807) is 0 Å². The molecule has 0 spiro atoms. The van der Waals surface area contributed by atoms with Crippen LogP contribution in [0.2, 0.25) is 5.02 Å². The van der Waals surface area contributed by atoms with Crippen LogP contribution in [0.4, 0.5) is 23.7 Å². The van der Waals surface area contributed by atoms with Gasteiger partial charge in [-0.3, -0.25) is 5.32 Å². The summed E-state index contributed by atoms with van der Waals surface area (Å²) in [6, 6.07) is 1.85. The van der Waals surface area contributed by atoms with Gasteiger partial charge in [0.1, 0.15) is 24.1 Å². The minimum Gasteiger partial charge on any atom is -0.479 e. The number of carbonyl (C=O) groups is 2. The van der Waals surface area contributed by atoms with Gasteiger partial charge in [0.2, 0.25) is 6.29 Å². The third-order valence-corrected chi connectivity index (χ3v) is 5.62. The summed E-state index contributed by atoms with van der Waals surface area (Å²) in [4.78, 5) is 23.5. The third-order valence-electron chi connectivity index (χ3n) is 5.40. The number of alkyl halides is 3. The van der Waals surface area contributed by atoms with Crippen LogP contribution in [0.3, 0.4) is 0 Å². The molecule has 3 aliphatic rings. The van der Waals surface area contributed by atoms with E-state index in [-0.39, 0.29) is 10.9 Å². The predicted octanol–water partition coefficient (Wildman–Crippen LogP) is 1.34. The van der Waals surface area contributed by atoms with Crippen LogP contribution in [-0.4, -0.2) is 69.4 Å². The zero-order valence-corrected chi connectivity index (χ0v) is 17.6. The van der Waals surface area contributed by atoms with Gasteiger partial charge in [-0.1, -0.05) is 17.5 Å². The van der Waals surface area contributed by atoms with E-state index >= 15 is 0 Å².